The summed E-state index contributed by atoms with van der Waals surface area (Å²) in [5.41, 5.74) is 0.0856. The number of halogens is 3. The second-order valence-corrected chi connectivity index (χ2v) is 7.94. The molecule has 33 heavy (non-hydrogen) atoms. The number of aromatic nitrogens is 1. The zero-order chi connectivity index (χ0) is 23.2. The minimum absolute atomic E-state index is 0.232. The largest absolute Gasteiger partial charge is 0.457 e. The minimum Gasteiger partial charge on any atom is -0.457 e. The molecule has 1 aliphatic rings. The summed E-state index contributed by atoms with van der Waals surface area (Å²) in [6, 6.07) is 18.1. The molecule has 1 aliphatic heterocycles. The molecule has 5 rings (SSSR count). The number of benzene rings is 3. The van der Waals surface area contributed by atoms with E-state index in [1.54, 1.807) is 54.7 Å². The van der Waals surface area contributed by atoms with Crippen molar-refractivity contribution in [1.82, 2.24) is 4.57 Å². The molecule has 0 saturated carbocycles. The third kappa shape index (κ3) is 3.99. The van der Waals surface area contributed by atoms with Gasteiger partial charge in [-0.1, -0.05) is 12.1 Å². The van der Waals surface area contributed by atoms with Crippen LogP contribution in [0.3, 0.4) is 0 Å². The Bertz CT molecular complexity index is 1320. The molecule has 168 valence electrons. The normalized spacial score (nSPS) is 15.3. The van der Waals surface area contributed by atoms with Crippen LogP contribution in [0.2, 0.25) is 0 Å². The van der Waals surface area contributed by atoms with Crippen molar-refractivity contribution in [2.24, 2.45) is 0 Å². The van der Waals surface area contributed by atoms with E-state index in [1.165, 1.54) is 16.7 Å². The minimum atomic E-state index is -4.40. The van der Waals surface area contributed by atoms with E-state index >= 15 is 0 Å². The molecule has 0 radical (unpaired) electrons. The summed E-state index contributed by atoms with van der Waals surface area (Å²) in [6.07, 6.45) is -2.76. The first-order chi connectivity index (χ1) is 15.7. The summed E-state index contributed by atoms with van der Waals surface area (Å²) in [6.45, 7) is 0.471. The summed E-state index contributed by atoms with van der Waals surface area (Å²) >= 11 is 0. The number of ether oxygens (including phenoxy) is 2. The van der Waals surface area contributed by atoms with Gasteiger partial charge >= 0.3 is 6.18 Å². The van der Waals surface area contributed by atoms with E-state index in [9.17, 15) is 23.1 Å². The number of nitrogens with zero attached hydrogens (tertiary/aromatic N) is 1. The smallest absolute Gasteiger partial charge is 0.416 e. The quantitative estimate of drug-likeness (QED) is 0.452. The summed E-state index contributed by atoms with van der Waals surface area (Å²) in [7, 11) is 0. The number of carbonyl (C=O) groups is 1. The molecular weight excluding hydrogens is 435 g/mol. The average molecular weight is 453 g/mol. The fraction of sp³-hybridized carbons (Fsp3) is 0.160. The molecule has 1 aromatic heterocycles. The zero-order valence-corrected chi connectivity index (χ0v) is 17.2. The number of alkyl halides is 3. The van der Waals surface area contributed by atoms with Gasteiger partial charge in [-0.05, 0) is 66.2 Å². The van der Waals surface area contributed by atoms with Gasteiger partial charge in [-0.2, -0.15) is 13.2 Å². The number of fused-ring (bicyclic) bond motifs is 1. The molecule has 4 aromatic rings. The Kier molecular flexibility index (Phi) is 4.99. The van der Waals surface area contributed by atoms with Crippen LogP contribution in [0.5, 0.6) is 11.5 Å². The van der Waals surface area contributed by atoms with Crippen LogP contribution in [-0.2, 0) is 16.5 Å². The third-order valence-electron chi connectivity index (χ3n) is 5.65. The van der Waals surface area contributed by atoms with Crippen molar-refractivity contribution in [3.63, 3.8) is 0 Å². The van der Waals surface area contributed by atoms with E-state index in [4.69, 9.17) is 9.47 Å². The summed E-state index contributed by atoms with van der Waals surface area (Å²) in [5, 5.41) is 11.1. The van der Waals surface area contributed by atoms with E-state index < -0.39 is 17.3 Å². The van der Waals surface area contributed by atoms with Crippen molar-refractivity contribution in [2.45, 2.75) is 11.8 Å². The lowest BCUT2D eigenvalue weighted by Gasteiger charge is -2.36. The average Bonchev–Trinajstić information content (AvgIpc) is 3.20. The maximum Gasteiger partial charge on any atom is 0.416 e. The maximum atomic E-state index is 13.0. The first kappa shape index (κ1) is 21.2. The molecule has 3 aromatic carbocycles. The van der Waals surface area contributed by atoms with Gasteiger partial charge in [-0.15, -0.1) is 0 Å². The molecule has 0 aliphatic carbocycles. The summed E-state index contributed by atoms with van der Waals surface area (Å²) in [4.78, 5) is 13.0. The van der Waals surface area contributed by atoms with Crippen LogP contribution in [0.15, 0.2) is 79.0 Å². The standard InChI is InChI=1S/C25H18F3NO4/c26-25(27,28)19-5-7-20(8-6-19)33-21-9-10-22-17(13-21)11-12-29(22)23(30)16-1-3-18(4-2-16)24(31)14-32-15-24/h1-13,31H,14-15H2. The number of hydrogen-bond donors (Lipinski definition) is 1. The molecule has 0 amide bonds. The molecule has 1 fully saturated rings. The number of carbonyl (C=O) groups excluding carboxylic acids is 1. The van der Waals surface area contributed by atoms with Crippen LogP contribution in [0.1, 0.15) is 21.5 Å². The highest BCUT2D eigenvalue weighted by atomic mass is 19.4. The van der Waals surface area contributed by atoms with Gasteiger partial charge in [-0.3, -0.25) is 9.36 Å². The lowest BCUT2D eigenvalue weighted by molar-refractivity contribution is -0.184. The van der Waals surface area contributed by atoms with Gasteiger partial charge in [0.05, 0.1) is 24.3 Å². The Morgan fingerprint density at radius 1 is 0.939 bits per heavy atom. The van der Waals surface area contributed by atoms with E-state index in [-0.39, 0.29) is 24.9 Å². The molecule has 2 heterocycles. The van der Waals surface area contributed by atoms with Gasteiger partial charge < -0.3 is 14.6 Å². The fourth-order valence-corrected chi connectivity index (χ4v) is 3.73. The van der Waals surface area contributed by atoms with Crippen LogP contribution in [-0.4, -0.2) is 28.8 Å². The Morgan fingerprint density at radius 3 is 2.21 bits per heavy atom. The van der Waals surface area contributed by atoms with Crippen LogP contribution >= 0.6 is 0 Å². The fourth-order valence-electron chi connectivity index (χ4n) is 3.73. The monoisotopic (exact) mass is 453 g/mol. The Balaban J connectivity index is 1.35. The molecule has 0 unspecified atom stereocenters. The predicted octanol–water partition coefficient (Wildman–Crippen LogP) is 5.36. The van der Waals surface area contributed by atoms with Crippen molar-refractivity contribution in [3.8, 4) is 11.5 Å². The predicted molar refractivity (Wildman–Crippen MR) is 114 cm³/mol. The highest BCUT2D eigenvalue weighted by Gasteiger charge is 2.37. The van der Waals surface area contributed by atoms with E-state index in [1.807, 2.05) is 0 Å². The summed E-state index contributed by atoms with van der Waals surface area (Å²) < 4.78 is 50.4. The molecular formula is C25H18F3NO4. The Labute approximate surface area is 186 Å². The molecule has 8 heteroatoms. The summed E-state index contributed by atoms with van der Waals surface area (Å²) in [5.74, 6) is 0.481. The topological polar surface area (TPSA) is 60.7 Å². The maximum absolute atomic E-state index is 13.0. The Morgan fingerprint density at radius 2 is 1.61 bits per heavy atom. The second kappa shape index (κ2) is 7.75. The van der Waals surface area contributed by atoms with Gasteiger partial charge in [0.1, 0.15) is 17.1 Å². The van der Waals surface area contributed by atoms with E-state index in [0.29, 0.717) is 22.4 Å². The molecule has 0 atom stereocenters. The van der Waals surface area contributed by atoms with Gasteiger partial charge in [0.15, 0.2) is 0 Å². The first-order valence-corrected chi connectivity index (χ1v) is 10.1. The van der Waals surface area contributed by atoms with Crippen LogP contribution in [0.4, 0.5) is 13.2 Å². The zero-order valence-electron chi connectivity index (χ0n) is 17.2. The molecule has 0 bridgehead atoms. The number of hydrogen-bond acceptors (Lipinski definition) is 4. The number of aliphatic hydroxyl groups is 1. The lowest BCUT2D eigenvalue weighted by atomic mass is 9.91. The Hall–Kier alpha value is -3.62. The van der Waals surface area contributed by atoms with Crippen molar-refractivity contribution in [1.29, 1.82) is 0 Å². The van der Waals surface area contributed by atoms with Crippen molar-refractivity contribution in [3.05, 3.63) is 95.7 Å². The SMILES string of the molecule is O=C(c1ccc(C2(O)COC2)cc1)n1ccc2cc(Oc3ccc(C(F)(F)F)cc3)ccc21. The van der Waals surface area contributed by atoms with Crippen molar-refractivity contribution in [2.75, 3.05) is 13.2 Å². The van der Waals surface area contributed by atoms with Gasteiger partial charge in [0, 0.05) is 17.1 Å². The molecule has 0 spiro atoms. The first-order valence-electron chi connectivity index (χ1n) is 10.1. The molecule has 1 saturated heterocycles. The van der Waals surface area contributed by atoms with Crippen LogP contribution < -0.4 is 4.74 Å². The highest BCUT2D eigenvalue weighted by molar-refractivity contribution is 6.02. The van der Waals surface area contributed by atoms with Crippen LogP contribution in [0, 0.1) is 0 Å². The molecule has 5 nitrogen and oxygen atoms in total. The van der Waals surface area contributed by atoms with Crippen molar-refractivity contribution >= 4 is 16.8 Å². The van der Waals surface area contributed by atoms with E-state index in [0.717, 1.165) is 17.5 Å². The third-order valence-corrected chi connectivity index (χ3v) is 5.65. The van der Waals surface area contributed by atoms with Gasteiger partial charge in [-0.25, -0.2) is 0 Å². The van der Waals surface area contributed by atoms with Gasteiger partial charge in [0.2, 0.25) is 0 Å². The van der Waals surface area contributed by atoms with Crippen LogP contribution in [0.25, 0.3) is 10.9 Å². The number of rotatable bonds is 4. The second-order valence-electron chi connectivity index (χ2n) is 7.94. The van der Waals surface area contributed by atoms with Crippen molar-refractivity contribution < 1.29 is 32.5 Å². The molecule has 1 N–H and O–H groups in total. The van der Waals surface area contributed by atoms with Gasteiger partial charge in [0.25, 0.3) is 5.91 Å². The highest BCUT2D eigenvalue weighted by Crippen LogP contribution is 2.33. The van der Waals surface area contributed by atoms with E-state index in [2.05, 4.69) is 0 Å². The lowest BCUT2D eigenvalue weighted by Crippen LogP contribution is -2.46.